The molecule has 1 aliphatic rings. The van der Waals surface area contributed by atoms with Gasteiger partial charge >= 0.3 is 12.1 Å². The Labute approximate surface area is 193 Å². The van der Waals surface area contributed by atoms with Gasteiger partial charge < -0.3 is 24.5 Å². The summed E-state index contributed by atoms with van der Waals surface area (Å²) in [7, 11) is 0. The molecular formula is C26H30N2O5. The van der Waals surface area contributed by atoms with Gasteiger partial charge in [-0.3, -0.25) is 0 Å². The molecule has 1 amide bonds. The van der Waals surface area contributed by atoms with Crippen molar-refractivity contribution in [1.82, 2.24) is 9.88 Å². The molecule has 33 heavy (non-hydrogen) atoms. The van der Waals surface area contributed by atoms with Crippen LogP contribution < -0.4 is 5.32 Å². The van der Waals surface area contributed by atoms with Gasteiger partial charge in [0, 0.05) is 22.6 Å². The first-order chi connectivity index (χ1) is 16.1. The number of para-hydroxylation sites is 1. The molecule has 4 rings (SSSR count). The maximum atomic E-state index is 12.3. The third-order valence-corrected chi connectivity index (χ3v) is 6.19. The molecule has 0 fully saturated rings. The quantitative estimate of drug-likeness (QED) is 0.469. The molecule has 1 unspecified atom stereocenters. The van der Waals surface area contributed by atoms with E-state index in [-0.39, 0.29) is 12.6 Å². The van der Waals surface area contributed by atoms with Crippen LogP contribution in [0.2, 0.25) is 0 Å². The monoisotopic (exact) mass is 450 g/mol. The molecule has 174 valence electrons. The molecule has 0 saturated carbocycles. The van der Waals surface area contributed by atoms with Crippen LogP contribution in [0.25, 0.3) is 10.9 Å². The van der Waals surface area contributed by atoms with Crippen molar-refractivity contribution in [3.63, 3.8) is 0 Å². The maximum absolute atomic E-state index is 12.3. The van der Waals surface area contributed by atoms with Crippen molar-refractivity contribution in [3.05, 3.63) is 71.4 Å². The van der Waals surface area contributed by atoms with Crippen LogP contribution >= 0.6 is 0 Å². The Balaban J connectivity index is 1.35. The number of hydrogen-bond donors (Lipinski definition) is 2. The normalized spacial score (nSPS) is 16.2. The fraction of sp³-hybridized carbons (Fsp3) is 0.385. The molecule has 2 aromatic carbocycles. The van der Waals surface area contributed by atoms with E-state index < -0.39 is 18.1 Å². The Morgan fingerprint density at radius 1 is 1.12 bits per heavy atom. The average molecular weight is 451 g/mol. The molecule has 3 aromatic rings. The molecule has 7 nitrogen and oxygen atoms in total. The highest BCUT2D eigenvalue weighted by atomic mass is 16.6. The minimum Gasteiger partial charge on any atom is -0.480 e. The SMILES string of the molecule is CCC(C(=O)O)n1c2c(c3ccccc31)C[C@@H](NC(=O)OCCOCc1ccccc1)CC2. The van der Waals surface area contributed by atoms with Gasteiger partial charge in [-0.15, -0.1) is 0 Å². The summed E-state index contributed by atoms with van der Waals surface area (Å²) in [5.41, 5.74) is 4.20. The third kappa shape index (κ3) is 5.20. The molecule has 1 heterocycles. The lowest BCUT2D eigenvalue weighted by Gasteiger charge is -2.26. The van der Waals surface area contributed by atoms with Crippen molar-refractivity contribution >= 4 is 23.0 Å². The molecule has 1 aromatic heterocycles. The van der Waals surface area contributed by atoms with E-state index in [1.165, 1.54) is 0 Å². The van der Waals surface area contributed by atoms with E-state index >= 15 is 0 Å². The average Bonchev–Trinajstić information content (AvgIpc) is 3.14. The van der Waals surface area contributed by atoms with Gasteiger partial charge in [0.2, 0.25) is 0 Å². The van der Waals surface area contributed by atoms with Gasteiger partial charge in [-0.05, 0) is 42.9 Å². The van der Waals surface area contributed by atoms with Crippen molar-refractivity contribution in [2.45, 2.75) is 51.3 Å². The number of nitrogens with one attached hydrogen (secondary N) is 1. The largest absolute Gasteiger partial charge is 0.480 e. The van der Waals surface area contributed by atoms with Gasteiger partial charge in [0.25, 0.3) is 0 Å². The Kier molecular flexibility index (Phi) is 7.29. The minimum absolute atomic E-state index is 0.0561. The van der Waals surface area contributed by atoms with E-state index in [0.29, 0.717) is 32.5 Å². The van der Waals surface area contributed by atoms with E-state index in [0.717, 1.165) is 34.1 Å². The summed E-state index contributed by atoms with van der Waals surface area (Å²) in [6.07, 6.45) is 2.16. The van der Waals surface area contributed by atoms with Gasteiger partial charge in [-0.1, -0.05) is 55.5 Å². The fourth-order valence-electron chi connectivity index (χ4n) is 4.66. The predicted octanol–water partition coefficient (Wildman–Crippen LogP) is 4.48. The number of aliphatic carboxylic acids is 1. The molecule has 1 aliphatic carbocycles. The molecule has 2 N–H and O–H groups in total. The van der Waals surface area contributed by atoms with E-state index in [1.807, 2.05) is 66.1 Å². The number of carboxylic acid groups (broad SMARTS) is 1. The second-order valence-corrected chi connectivity index (χ2v) is 8.33. The zero-order valence-electron chi connectivity index (χ0n) is 18.8. The van der Waals surface area contributed by atoms with Crippen molar-refractivity contribution in [2.24, 2.45) is 0 Å². The number of benzene rings is 2. The summed E-state index contributed by atoms with van der Waals surface area (Å²) in [6.45, 7) is 2.90. The molecule has 0 radical (unpaired) electrons. The summed E-state index contributed by atoms with van der Waals surface area (Å²) < 4.78 is 12.8. The van der Waals surface area contributed by atoms with Crippen molar-refractivity contribution in [1.29, 1.82) is 0 Å². The van der Waals surface area contributed by atoms with Crippen LogP contribution in [-0.4, -0.2) is 41.0 Å². The summed E-state index contributed by atoms with van der Waals surface area (Å²) in [5.74, 6) is -0.820. The topological polar surface area (TPSA) is 89.8 Å². The van der Waals surface area contributed by atoms with Crippen LogP contribution in [-0.2, 0) is 33.7 Å². The van der Waals surface area contributed by atoms with Gasteiger partial charge in [-0.25, -0.2) is 9.59 Å². The van der Waals surface area contributed by atoms with Crippen LogP contribution in [0.1, 0.15) is 42.6 Å². The second kappa shape index (κ2) is 10.5. The zero-order chi connectivity index (χ0) is 23.2. The molecule has 0 spiro atoms. The molecule has 0 bridgehead atoms. The molecule has 2 atom stereocenters. The number of aromatic nitrogens is 1. The number of alkyl carbamates (subject to hydrolysis) is 1. The van der Waals surface area contributed by atoms with Crippen molar-refractivity contribution in [2.75, 3.05) is 13.2 Å². The Hall–Kier alpha value is -3.32. The molecule has 0 aliphatic heterocycles. The number of hydrogen-bond acceptors (Lipinski definition) is 4. The summed E-state index contributed by atoms with van der Waals surface area (Å²) >= 11 is 0. The van der Waals surface area contributed by atoms with Gasteiger partial charge in [0.05, 0.1) is 13.2 Å². The maximum Gasteiger partial charge on any atom is 0.407 e. The number of carbonyl (C=O) groups is 2. The standard InChI is InChI=1S/C26H30N2O5/c1-2-22(25(29)30)28-23-11-7-6-10-20(23)21-16-19(12-13-24(21)28)27-26(31)33-15-14-32-17-18-8-4-3-5-9-18/h3-11,19,22H,2,12-17H2,1H3,(H,27,31)(H,29,30)/t19-,22?/m0/s1. The smallest absolute Gasteiger partial charge is 0.407 e. The lowest BCUT2D eigenvalue weighted by atomic mass is 9.91. The fourth-order valence-corrected chi connectivity index (χ4v) is 4.66. The van der Waals surface area contributed by atoms with E-state index in [4.69, 9.17) is 9.47 Å². The lowest BCUT2D eigenvalue weighted by Crippen LogP contribution is -2.39. The number of carboxylic acids is 1. The number of rotatable bonds is 9. The number of carbonyl (C=O) groups excluding carboxylic acids is 1. The highest BCUT2D eigenvalue weighted by Crippen LogP contribution is 2.35. The number of ether oxygens (including phenoxy) is 2. The Bertz CT molecular complexity index is 1110. The first-order valence-corrected chi connectivity index (χ1v) is 11.5. The van der Waals surface area contributed by atoms with Gasteiger partial charge in [-0.2, -0.15) is 0 Å². The summed E-state index contributed by atoms with van der Waals surface area (Å²) in [4.78, 5) is 24.2. The Morgan fingerprint density at radius 2 is 1.88 bits per heavy atom. The number of fused-ring (bicyclic) bond motifs is 3. The molecule has 0 saturated heterocycles. The summed E-state index contributed by atoms with van der Waals surface area (Å²) in [5, 5.41) is 13.8. The van der Waals surface area contributed by atoms with Crippen LogP contribution in [0, 0.1) is 0 Å². The second-order valence-electron chi connectivity index (χ2n) is 8.33. The highest BCUT2D eigenvalue weighted by molar-refractivity contribution is 5.88. The van der Waals surface area contributed by atoms with Crippen molar-refractivity contribution in [3.8, 4) is 0 Å². The van der Waals surface area contributed by atoms with Crippen LogP contribution in [0.15, 0.2) is 54.6 Å². The van der Waals surface area contributed by atoms with Gasteiger partial charge in [0.1, 0.15) is 12.6 Å². The highest BCUT2D eigenvalue weighted by Gasteiger charge is 2.30. The van der Waals surface area contributed by atoms with E-state index in [1.54, 1.807) is 0 Å². The number of amides is 1. The summed E-state index contributed by atoms with van der Waals surface area (Å²) in [6, 6.07) is 17.1. The number of nitrogens with zero attached hydrogens (tertiary/aromatic N) is 1. The third-order valence-electron chi connectivity index (χ3n) is 6.19. The van der Waals surface area contributed by atoms with Crippen LogP contribution in [0.3, 0.4) is 0 Å². The predicted molar refractivity (Wildman–Crippen MR) is 125 cm³/mol. The van der Waals surface area contributed by atoms with E-state index in [2.05, 4.69) is 5.32 Å². The first kappa shape index (κ1) is 22.9. The zero-order valence-corrected chi connectivity index (χ0v) is 18.8. The van der Waals surface area contributed by atoms with Crippen molar-refractivity contribution < 1.29 is 24.2 Å². The van der Waals surface area contributed by atoms with E-state index in [9.17, 15) is 14.7 Å². The molecule has 7 heteroatoms. The minimum atomic E-state index is -0.820. The first-order valence-electron chi connectivity index (χ1n) is 11.5. The lowest BCUT2D eigenvalue weighted by molar-refractivity contribution is -0.140. The van der Waals surface area contributed by atoms with Crippen LogP contribution in [0.5, 0.6) is 0 Å². The Morgan fingerprint density at radius 3 is 2.64 bits per heavy atom. The van der Waals surface area contributed by atoms with Gasteiger partial charge in [0.15, 0.2) is 0 Å². The molecular weight excluding hydrogens is 420 g/mol. The van der Waals surface area contributed by atoms with Crippen LogP contribution in [0.4, 0.5) is 4.79 Å².